The molecule has 0 radical (unpaired) electrons. The summed E-state index contributed by atoms with van der Waals surface area (Å²) < 4.78 is 8.90. The molecule has 1 aromatic carbocycles. The normalized spacial score (nSPS) is 22.1. The zero-order chi connectivity index (χ0) is 22.9. The largest absolute Gasteiger partial charge is 0.507 e. The molecule has 1 N–H and O–H groups in total. The quantitative estimate of drug-likeness (QED) is 0.559. The average molecular weight is 435 g/mol. The maximum absolute atomic E-state index is 13.2. The molecule has 32 heavy (non-hydrogen) atoms. The molecule has 9 heteroatoms. The van der Waals surface area contributed by atoms with Crippen LogP contribution in [0.3, 0.4) is 0 Å². The van der Waals surface area contributed by atoms with Crippen molar-refractivity contribution >= 4 is 11.6 Å². The number of aromatic hydroxyl groups is 1. The Kier molecular flexibility index (Phi) is 4.27. The maximum atomic E-state index is 13.2. The van der Waals surface area contributed by atoms with Gasteiger partial charge in [-0.3, -0.25) is 9.59 Å². The highest BCUT2D eigenvalue weighted by Crippen LogP contribution is 2.51. The number of allylic oxidation sites excluding steroid dienone is 6. The highest BCUT2D eigenvalue weighted by atomic mass is 16.5. The molecule has 0 fully saturated rings. The Morgan fingerprint density at radius 1 is 1.12 bits per heavy atom. The van der Waals surface area contributed by atoms with E-state index in [1.807, 2.05) is 6.08 Å². The molecule has 0 unspecified atom stereocenters. The standard InChI is InChI=1S/C23H21N3O6/c1-11-8-17(27)15-10-16-13(6-7-25-22(30)24(2)23(31)26(16)25)19(20(15)21(11)29)14-5-4-12(32-3)9-18(14)28/h4-6,8-9,16,19,28H,7,10H2,1-3H3/t16-,19-/m1/s1. The number of hydrogen-bond acceptors (Lipinski definition) is 6. The summed E-state index contributed by atoms with van der Waals surface area (Å²) in [6.07, 6.45) is 3.24. The van der Waals surface area contributed by atoms with Gasteiger partial charge in [0, 0.05) is 47.7 Å². The zero-order valence-electron chi connectivity index (χ0n) is 17.8. The van der Waals surface area contributed by atoms with Crippen LogP contribution in [0.1, 0.15) is 30.9 Å². The molecule has 0 amide bonds. The Morgan fingerprint density at radius 2 is 1.88 bits per heavy atom. The van der Waals surface area contributed by atoms with Crippen molar-refractivity contribution in [2.75, 3.05) is 7.11 Å². The van der Waals surface area contributed by atoms with Crippen LogP contribution in [-0.2, 0) is 23.2 Å². The number of Topliss-reactive ketones (excluding diaryl/α,β-unsaturated/α-hetero) is 1. The molecule has 1 aromatic heterocycles. The summed E-state index contributed by atoms with van der Waals surface area (Å²) in [5.74, 6) is -0.926. The summed E-state index contributed by atoms with van der Waals surface area (Å²) in [5, 5.41) is 10.8. The molecule has 1 aliphatic heterocycles. The molecule has 2 atom stereocenters. The molecule has 0 spiro atoms. The molecule has 3 aliphatic rings. The lowest BCUT2D eigenvalue weighted by Crippen LogP contribution is -2.40. The van der Waals surface area contributed by atoms with Gasteiger partial charge in [-0.2, -0.15) is 0 Å². The van der Waals surface area contributed by atoms with E-state index >= 15 is 0 Å². The number of fused-ring (bicyclic) bond motifs is 3. The second-order valence-electron chi connectivity index (χ2n) is 8.25. The number of carbonyl (C=O) groups is 2. The van der Waals surface area contributed by atoms with E-state index < -0.39 is 23.3 Å². The first-order chi connectivity index (χ1) is 15.2. The third-order valence-corrected chi connectivity index (χ3v) is 6.57. The fourth-order valence-electron chi connectivity index (χ4n) is 4.99. The number of carbonyl (C=O) groups excluding carboxylic acids is 2. The molecule has 2 heterocycles. The van der Waals surface area contributed by atoms with Crippen molar-refractivity contribution in [2.24, 2.45) is 7.05 Å². The predicted octanol–water partition coefficient (Wildman–Crippen LogP) is 1.13. The van der Waals surface area contributed by atoms with Crippen molar-refractivity contribution in [3.05, 3.63) is 79.2 Å². The van der Waals surface area contributed by atoms with Crippen LogP contribution in [0.5, 0.6) is 11.5 Å². The Labute approximate surface area is 182 Å². The van der Waals surface area contributed by atoms with Gasteiger partial charge >= 0.3 is 11.4 Å². The fraction of sp³-hybridized carbons (Fsp3) is 0.304. The van der Waals surface area contributed by atoms with Crippen molar-refractivity contribution in [1.29, 1.82) is 0 Å². The molecule has 0 saturated heterocycles. The predicted molar refractivity (Wildman–Crippen MR) is 114 cm³/mol. The van der Waals surface area contributed by atoms with Crippen LogP contribution in [0.15, 0.2) is 62.2 Å². The van der Waals surface area contributed by atoms with E-state index in [2.05, 4.69) is 0 Å². The molecule has 5 rings (SSSR count). The third kappa shape index (κ3) is 2.57. The summed E-state index contributed by atoms with van der Waals surface area (Å²) in [6, 6.07) is 4.16. The second kappa shape index (κ2) is 6.81. The molecule has 164 valence electrons. The lowest BCUT2D eigenvalue weighted by molar-refractivity contribution is -0.116. The van der Waals surface area contributed by atoms with Crippen molar-refractivity contribution in [3.63, 3.8) is 0 Å². The lowest BCUT2D eigenvalue weighted by atomic mass is 9.67. The fourth-order valence-corrected chi connectivity index (χ4v) is 4.99. The number of phenols is 1. The van der Waals surface area contributed by atoms with Crippen molar-refractivity contribution < 1.29 is 19.4 Å². The summed E-state index contributed by atoms with van der Waals surface area (Å²) in [7, 11) is 2.89. The summed E-state index contributed by atoms with van der Waals surface area (Å²) >= 11 is 0. The SMILES string of the molecule is COc1ccc([C@H]2C3=CCn4c(=O)n(C)c(=O)n4[C@@H]3CC3=C2C(=O)C(C)=CC3=O)c(O)c1. The highest BCUT2D eigenvalue weighted by Gasteiger charge is 2.45. The van der Waals surface area contributed by atoms with Crippen LogP contribution < -0.4 is 16.1 Å². The van der Waals surface area contributed by atoms with Crippen molar-refractivity contribution in [1.82, 2.24) is 13.9 Å². The number of methoxy groups -OCH3 is 1. The maximum Gasteiger partial charge on any atom is 0.347 e. The van der Waals surface area contributed by atoms with E-state index in [1.54, 1.807) is 19.1 Å². The summed E-state index contributed by atoms with van der Waals surface area (Å²) in [6.45, 7) is 1.74. The minimum absolute atomic E-state index is 0.0847. The molecule has 2 aliphatic carbocycles. The van der Waals surface area contributed by atoms with Gasteiger partial charge in [0.25, 0.3) is 0 Å². The second-order valence-corrected chi connectivity index (χ2v) is 8.25. The van der Waals surface area contributed by atoms with Gasteiger partial charge in [-0.1, -0.05) is 12.1 Å². The topological polar surface area (TPSA) is 113 Å². The minimum Gasteiger partial charge on any atom is -0.507 e. The number of benzene rings is 1. The molecule has 9 nitrogen and oxygen atoms in total. The first kappa shape index (κ1) is 20.0. The van der Waals surface area contributed by atoms with Crippen LogP contribution in [0.25, 0.3) is 0 Å². The first-order valence-electron chi connectivity index (χ1n) is 10.2. The number of nitrogens with zero attached hydrogens (tertiary/aromatic N) is 3. The van der Waals surface area contributed by atoms with Gasteiger partial charge in [0.15, 0.2) is 11.6 Å². The molecular weight excluding hydrogens is 414 g/mol. The van der Waals surface area contributed by atoms with Crippen molar-refractivity contribution in [2.45, 2.75) is 31.8 Å². The smallest absolute Gasteiger partial charge is 0.347 e. The Balaban J connectivity index is 1.79. The van der Waals surface area contributed by atoms with E-state index in [-0.39, 0.29) is 30.3 Å². The molecule has 2 aromatic rings. The van der Waals surface area contributed by atoms with Crippen LogP contribution >= 0.6 is 0 Å². The number of ether oxygens (including phenoxy) is 1. The highest BCUT2D eigenvalue weighted by molar-refractivity contribution is 6.23. The number of rotatable bonds is 2. The van der Waals surface area contributed by atoms with Gasteiger partial charge in [0.2, 0.25) is 0 Å². The van der Waals surface area contributed by atoms with Gasteiger partial charge in [0.05, 0.1) is 19.7 Å². The summed E-state index contributed by atoms with van der Waals surface area (Å²) in [5.41, 5.74) is 1.15. The number of hydrogen-bond donors (Lipinski definition) is 1. The minimum atomic E-state index is -0.731. The van der Waals surface area contributed by atoms with Crippen LogP contribution in [-0.4, -0.2) is 37.7 Å². The number of ketones is 2. The monoisotopic (exact) mass is 435 g/mol. The average Bonchev–Trinajstić information content (AvgIpc) is 3.00. The van der Waals surface area contributed by atoms with Gasteiger partial charge in [-0.25, -0.2) is 23.5 Å². The summed E-state index contributed by atoms with van der Waals surface area (Å²) in [4.78, 5) is 51.5. The number of aromatic nitrogens is 3. The Hall–Kier alpha value is -3.88. The van der Waals surface area contributed by atoms with Gasteiger partial charge < -0.3 is 9.84 Å². The van der Waals surface area contributed by atoms with Crippen LogP contribution in [0.2, 0.25) is 0 Å². The first-order valence-corrected chi connectivity index (χ1v) is 10.2. The van der Waals surface area contributed by atoms with E-state index in [4.69, 9.17) is 4.74 Å². The third-order valence-electron chi connectivity index (χ3n) is 6.57. The zero-order valence-corrected chi connectivity index (χ0v) is 17.8. The molecule has 0 bridgehead atoms. The number of phenolic OH excluding ortho intramolecular Hbond substituents is 1. The van der Waals surface area contributed by atoms with E-state index in [0.29, 0.717) is 33.6 Å². The van der Waals surface area contributed by atoms with E-state index in [1.165, 1.54) is 35.7 Å². The molecule has 0 saturated carbocycles. The van der Waals surface area contributed by atoms with Gasteiger partial charge in [-0.05, 0) is 24.6 Å². The molecular formula is C23H21N3O6. The van der Waals surface area contributed by atoms with Crippen LogP contribution in [0, 0.1) is 0 Å². The Morgan fingerprint density at radius 3 is 2.56 bits per heavy atom. The lowest BCUT2D eigenvalue weighted by Gasteiger charge is -2.39. The van der Waals surface area contributed by atoms with Gasteiger partial charge in [0.1, 0.15) is 11.5 Å². The Bertz CT molecular complexity index is 1430. The van der Waals surface area contributed by atoms with E-state index in [0.717, 1.165) is 4.57 Å². The van der Waals surface area contributed by atoms with E-state index in [9.17, 15) is 24.3 Å². The van der Waals surface area contributed by atoms with Crippen molar-refractivity contribution in [3.8, 4) is 11.5 Å². The van der Waals surface area contributed by atoms with Gasteiger partial charge in [-0.15, -0.1) is 0 Å². The van der Waals surface area contributed by atoms with Crippen LogP contribution in [0.4, 0.5) is 0 Å².